The number of sulfone groups is 1. The van der Waals surface area contributed by atoms with Crippen LogP contribution >= 0.6 is 34.5 Å². The van der Waals surface area contributed by atoms with Gasteiger partial charge in [-0.2, -0.15) is 0 Å². The van der Waals surface area contributed by atoms with Gasteiger partial charge >= 0.3 is 6.36 Å². The molecule has 0 saturated heterocycles. The molecule has 31 heavy (non-hydrogen) atoms. The molecule has 0 aliphatic carbocycles. The van der Waals surface area contributed by atoms with Gasteiger partial charge in [0.25, 0.3) is 5.91 Å². The summed E-state index contributed by atoms with van der Waals surface area (Å²) >= 11 is 12.8. The average molecular weight is 510 g/mol. The van der Waals surface area contributed by atoms with Gasteiger partial charge in [0.15, 0.2) is 9.84 Å². The Morgan fingerprint density at radius 2 is 1.74 bits per heavy atom. The fourth-order valence-electron chi connectivity index (χ4n) is 2.56. The zero-order valence-electron chi connectivity index (χ0n) is 15.2. The minimum atomic E-state index is -4.84. The molecule has 5 nitrogen and oxygen atoms in total. The maximum atomic E-state index is 12.9. The Kier molecular flexibility index (Phi) is 6.85. The summed E-state index contributed by atoms with van der Waals surface area (Å²) < 4.78 is 66.2. The number of hydrogen-bond donors (Lipinski definition) is 1. The van der Waals surface area contributed by atoms with Crippen LogP contribution in [0.2, 0.25) is 10.0 Å². The van der Waals surface area contributed by atoms with Gasteiger partial charge in [0, 0.05) is 15.7 Å². The third-order valence-corrected chi connectivity index (χ3v) is 7.21. The van der Waals surface area contributed by atoms with E-state index < -0.39 is 33.6 Å². The molecule has 0 radical (unpaired) electrons. The number of nitrogens with one attached hydrogen (secondary N) is 1. The largest absolute Gasteiger partial charge is 0.573 e. The number of hydrogen-bond acceptors (Lipinski definition) is 5. The van der Waals surface area contributed by atoms with Crippen molar-refractivity contribution in [2.75, 3.05) is 5.32 Å². The highest BCUT2D eigenvalue weighted by Crippen LogP contribution is 2.30. The molecule has 0 unspecified atom stereocenters. The van der Waals surface area contributed by atoms with Gasteiger partial charge in [-0.15, -0.1) is 24.5 Å². The average Bonchev–Trinajstić information content (AvgIpc) is 3.15. The van der Waals surface area contributed by atoms with Crippen LogP contribution in [0.15, 0.2) is 58.8 Å². The van der Waals surface area contributed by atoms with Crippen LogP contribution in [0.5, 0.6) is 5.75 Å². The van der Waals surface area contributed by atoms with Gasteiger partial charge in [0.05, 0.1) is 10.6 Å². The molecule has 0 spiro atoms. The predicted octanol–water partition coefficient (Wildman–Crippen LogP) is 6.18. The first-order valence-corrected chi connectivity index (χ1v) is 11.6. The predicted molar refractivity (Wildman–Crippen MR) is 113 cm³/mol. The van der Waals surface area contributed by atoms with Crippen molar-refractivity contribution in [3.05, 3.63) is 74.4 Å². The Hall–Kier alpha value is -2.27. The van der Waals surface area contributed by atoms with Gasteiger partial charge < -0.3 is 10.1 Å². The molecule has 0 bridgehead atoms. The van der Waals surface area contributed by atoms with Crippen LogP contribution in [-0.4, -0.2) is 20.7 Å². The Morgan fingerprint density at radius 1 is 1.06 bits per heavy atom. The van der Waals surface area contributed by atoms with E-state index in [9.17, 15) is 26.4 Å². The van der Waals surface area contributed by atoms with Gasteiger partial charge in [-0.3, -0.25) is 4.79 Å². The summed E-state index contributed by atoms with van der Waals surface area (Å²) in [6.07, 6.45) is -4.84. The van der Waals surface area contributed by atoms with Crippen molar-refractivity contribution in [2.24, 2.45) is 0 Å². The fraction of sp³-hybridized carbons (Fsp3) is 0.105. The van der Waals surface area contributed by atoms with E-state index in [1.54, 1.807) is 0 Å². The van der Waals surface area contributed by atoms with Crippen LogP contribution < -0.4 is 10.1 Å². The summed E-state index contributed by atoms with van der Waals surface area (Å²) in [5.74, 6) is -1.62. The van der Waals surface area contributed by atoms with Crippen LogP contribution in [0.25, 0.3) is 0 Å². The Morgan fingerprint density at radius 3 is 2.35 bits per heavy atom. The molecule has 1 aromatic heterocycles. The van der Waals surface area contributed by atoms with E-state index in [2.05, 4.69) is 10.1 Å². The van der Waals surface area contributed by atoms with Gasteiger partial charge in [0.2, 0.25) is 0 Å². The lowest BCUT2D eigenvalue weighted by Gasteiger charge is -2.10. The summed E-state index contributed by atoms with van der Waals surface area (Å²) in [7, 11) is -3.92. The minimum absolute atomic E-state index is 0.0688. The van der Waals surface area contributed by atoms with Crippen molar-refractivity contribution < 1.29 is 31.1 Å². The number of alkyl halides is 3. The minimum Gasteiger partial charge on any atom is -0.406 e. The van der Waals surface area contributed by atoms with Crippen LogP contribution in [0.4, 0.5) is 18.9 Å². The topological polar surface area (TPSA) is 72.5 Å². The number of carbonyl (C=O) groups excluding carboxylic acids is 1. The normalized spacial score (nSPS) is 11.9. The van der Waals surface area contributed by atoms with Crippen molar-refractivity contribution in [3.63, 3.8) is 0 Å². The van der Waals surface area contributed by atoms with Gasteiger partial charge in [0.1, 0.15) is 10.6 Å². The van der Waals surface area contributed by atoms with Crippen molar-refractivity contribution in [2.45, 2.75) is 17.0 Å². The number of amides is 1. The Balaban J connectivity index is 1.78. The smallest absolute Gasteiger partial charge is 0.406 e. The van der Waals surface area contributed by atoms with Crippen LogP contribution in [0.3, 0.4) is 0 Å². The first kappa shape index (κ1) is 23.4. The molecule has 2 aromatic carbocycles. The zero-order chi connectivity index (χ0) is 22.8. The molecule has 0 aliphatic rings. The number of ether oxygens (including phenoxy) is 1. The number of carbonyl (C=O) groups is 1. The molecule has 12 heteroatoms. The highest BCUT2D eigenvalue weighted by molar-refractivity contribution is 7.90. The third kappa shape index (κ3) is 6.13. The quantitative estimate of drug-likeness (QED) is 0.430. The number of benzene rings is 2. The maximum Gasteiger partial charge on any atom is 0.573 e. The molecule has 0 aliphatic heterocycles. The summed E-state index contributed by atoms with van der Waals surface area (Å²) in [6.45, 7) is 0. The monoisotopic (exact) mass is 509 g/mol. The lowest BCUT2D eigenvalue weighted by Crippen LogP contribution is -2.17. The van der Waals surface area contributed by atoms with E-state index >= 15 is 0 Å². The highest BCUT2D eigenvalue weighted by Gasteiger charge is 2.31. The van der Waals surface area contributed by atoms with E-state index in [0.29, 0.717) is 10.6 Å². The Labute approximate surface area is 189 Å². The zero-order valence-corrected chi connectivity index (χ0v) is 18.4. The second-order valence-corrected chi connectivity index (χ2v) is 9.85. The highest BCUT2D eigenvalue weighted by atomic mass is 35.5. The summed E-state index contributed by atoms with van der Waals surface area (Å²) in [5, 5.41) is 4.44. The molecule has 1 N–H and O–H groups in total. The number of rotatable bonds is 6. The van der Waals surface area contributed by atoms with E-state index in [1.807, 2.05) is 0 Å². The third-order valence-electron chi connectivity index (χ3n) is 3.88. The summed E-state index contributed by atoms with van der Waals surface area (Å²) in [5.41, 5.74) is 0.487. The molecule has 0 atom stereocenters. The SMILES string of the molecule is O=C(Nc1ccc(OC(F)(F)F)cc1)c1sccc1S(=O)(=O)Cc1ccc(Cl)cc1Cl. The Bertz CT molecular complexity index is 1210. The van der Waals surface area contributed by atoms with E-state index in [4.69, 9.17) is 23.2 Å². The number of halogens is 5. The molecular weight excluding hydrogens is 498 g/mol. The van der Waals surface area contributed by atoms with Crippen molar-refractivity contribution in [1.82, 2.24) is 0 Å². The summed E-state index contributed by atoms with van der Waals surface area (Å²) in [6, 6.07) is 10.2. The molecule has 3 rings (SSSR count). The van der Waals surface area contributed by atoms with Gasteiger partial charge in [-0.1, -0.05) is 29.3 Å². The second kappa shape index (κ2) is 9.07. The van der Waals surface area contributed by atoms with E-state index in [0.717, 1.165) is 23.5 Å². The van der Waals surface area contributed by atoms with E-state index in [1.165, 1.54) is 41.8 Å². The molecule has 1 heterocycles. The molecule has 0 saturated carbocycles. The summed E-state index contributed by atoms with van der Waals surface area (Å²) in [4.78, 5) is 12.3. The molecular formula is C19H12Cl2F3NO4S2. The lowest BCUT2D eigenvalue weighted by molar-refractivity contribution is -0.274. The van der Waals surface area contributed by atoms with Gasteiger partial charge in [-0.05, 0) is 53.4 Å². The molecule has 164 valence electrons. The van der Waals surface area contributed by atoms with Crippen molar-refractivity contribution in [3.8, 4) is 5.75 Å². The van der Waals surface area contributed by atoms with Crippen molar-refractivity contribution in [1.29, 1.82) is 0 Å². The maximum absolute atomic E-state index is 12.9. The molecule has 0 fully saturated rings. The van der Waals surface area contributed by atoms with Crippen LogP contribution in [0, 0.1) is 0 Å². The van der Waals surface area contributed by atoms with Crippen LogP contribution in [0.1, 0.15) is 15.2 Å². The standard InChI is InChI=1S/C19H12Cl2F3NO4S2/c20-12-2-1-11(15(21)9-12)10-31(27,28)16-7-8-30-17(16)18(26)25-13-3-5-14(6-4-13)29-19(22,23)24/h1-9H,10H2,(H,25,26). The number of anilines is 1. The van der Waals surface area contributed by atoms with Crippen molar-refractivity contribution >= 4 is 56.0 Å². The second-order valence-electron chi connectivity index (χ2n) is 6.14. The van der Waals surface area contributed by atoms with Gasteiger partial charge in [-0.25, -0.2) is 8.42 Å². The fourth-order valence-corrected chi connectivity index (χ4v) is 5.87. The molecule has 1 amide bonds. The van der Waals surface area contributed by atoms with Crippen LogP contribution in [-0.2, 0) is 15.6 Å². The first-order chi connectivity index (χ1) is 14.4. The lowest BCUT2D eigenvalue weighted by atomic mass is 10.2. The first-order valence-electron chi connectivity index (χ1n) is 8.36. The van der Waals surface area contributed by atoms with E-state index in [-0.39, 0.29) is 20.5 Å². The molecule has 3 aromatic rings. The number of thiophene rings is 1.